The second-order valence-corrected chi connectivity index (χ2v) is 6.76. The van der Waals surface area contributed by atoms with Gasteiger partial charge < -0.3 is 5.32 Å². The van der Waals surface area contributed by atoms with Crippen molar-refractivity contribution in [1.82, 2.24) is 5.32 Å². The van der Waals surface area contributed by atoms with Gasteiger partial charge in [-0.25, -0.2) is 0 Å². The standard InChI is InChI=1S/C17H19Cl2NS/c1-3-20-16(14-7-5-4-6-12(14)2)11-21-17-10-13(18)8-9-15(17)19/h4-10,16,20H,3,11H2,1-2H3. The van der Waals surface area contributed by atoms with Crippen LogP contribution in [0.1, 0.15) is 24.1 Å². The van der Waals surface area contributed by atoms with Crippen molar-refractivity contribution < 1.29 is 0 Å². The van der Waals surface area contributed by atoms with Gasteiger partial charge in [-0.05, 0) is 42.8 Å². The predicted molar refractivity (Wildman–Crippen MR) is 94.8 cm³/mol. The molecule has 0 amide bonds. The molecule has 0 bridgehead atoms. The van der Waals surface area contributed by atoms with E-state index in [1.165, 1.54) is 11.1 Å². The lowest BCUT2D eigenvalue weighted by Crippen LogP contribution is -2.23. The number of benzene rings is 2. The molecule has 0 aliphatic carbocycles. The second-order valence-electron chi connectivity index (χ2n) is 4.85. The van der Waals surface area contributed by atoms with Crippen LogP contribution in [-0.2, 0) is 0 Å². The molecule has 0 fully saturated rings. The average Bonchev–Trinajstić information content (AvgIpc) is 2.47. The van der Waals surface area contributed by atoms with Crippen molar-refractivity contribution in [1.29, 1.82) is 0 Å². The Balaban J connectivity index is 2.14. The van der Waals surface area contributed by atoms with Crippen LogP contribution in [-0.4, -0.2) is 12.3 Å². The molecular formula is C17H19Cl2NS. The fourth-order valence-electron chi connectivity index (χ4n) is 2.24. The molecule has 0 aromatic heterocycles. The third-order valence-electron chi connectivity index (χ3n) is 3.31. The van der Waals surface area contributed by atoms with Gasteiger partial charge in [0, 0.05) is 21.7 Å². The van der Waals surface area contributed by atoms with Crippen LogP contribution in [0.15, 0.2) is 47.4 Å². The Bertz CT molecular complexity index is 601. The number of hydrogen-bond acceptors (Lipinski definition) is 2. The number of aryl methyl sites for hydroxylation is 1. The summed E-state index contributed by atoms with van der Waals surface area (Å²) in [6, 6.07) is 14.4. The van der Waals surface area contributed by atoms with Gasteiger partial charge in [-0.1, -0.05) is 54.4 Å². The lowest BCUT2D eigenvalue weighted by Gasteiger charge is -2.20. The van der Waals surface area contributed by atoms with Gasteiger partial charge >= 0.3 is 0 Å². The number of thioether (sulfide) groups is 1. The summed E-state index contributed by atoms with van der Waals surface area (Å²) in [6.07, 6.45) is 0. The zero-order chi connectivity index (χ0) is 15.2. The summed E-state index contributed by atoms with van der Waals surface area (Å²) in [5.41, 5.74) is 2.64. The highest BCUT2D eigenvalue weighted by Gasteiger charge is 2.14. The van der Waals surface area contributed by atoms with Crippen molar-refractivity contribution in [2.24, 2.45) is 0 Å². The molecular weight excluding hydrogens is 321 g/mol. The van der Waals surface area contributed by atoms with Crippen LogP contribution < -0.4 is 5.32 Å². The molecule has 0 aliphatic heterocycles. The molecule has 112 valence electrons. The van der Waals surface area contributed by atoms with Gasteiger partial charge in [0.2, 0.25) is 0 Å². The van der Waals surface area contributed by atoms with Crippen molar-refractivity contribution in [3.05, 3.63) is 63.6 Å². The smallest absolute Gasteiger partial charge is 0.0542 e. The molecule has 2 aromatic carbocycles. The SMILES string of the molecule is CCNC(CSc1cc(Cl)ccc1Cl)c1ccccc1C. The van der Waals surface area contributed by atoms with Gasteiger partial charge in [-0.2, -0.15) is 0 Å². The van der Waals surface area contributed by atoms with Gasteiger partial charge in [-0.3, -0.25) is 0 Å². The van der Waals surface area contributed by atoms with Crippen molar-refractivity contribution in [2.45, 2.75) is 24.8 Å². The van der Waals surface area contributed by atoms with E-state index in [1.54, 1.807) is 11.8 Å². The van der Waals surface area contributed by atoms with E-state index in [4.69, 9.17) is 23.2 Å². The molecule has 1 atom stereocenters. The number of rotatable bonds is 6. The van der Waals surface area contributed by atoms with Crippen LogP contribution in [0.2, 0.25) is 10.0 Å². The molecule has 0 spiro atoms. The maximum absolute atomic E-state index is 6.23. The first kappa shape index (κ1) is 16.7. The van der Waals surface area contributed by atoms with E-state index in [0.717, 1.165) is 27.2 Å². The third kappa shape index (κ3) is 4.65. The van der Waals surface area contributed by atoms with E-state index in [2.05, 4.69) is 43.4 Å². The van der Waals surface area contributed by atoms with Crippen LogP contribution in [0.3, 0.4) is 0 Å². The zero-order valence-corrected chi connectivity index (χ0v) is 14.5. The summed E-state index contributed by atoms with van der Waals surface area (Å²) in [5, 5.41) is 5.02. The first-order valence-electron chi connectivity index (χ1n) is 6.98. The fourth-order valence-corrected chi connectivity index (χ4v) is 3.82. The van der Waals surface area contributed by atoms with E-state index < -0.39 is 0 Å². The van der Waals surface area contributed by atoms with E-state index >= 15 is 0 Å². The molecule has 0 aliphatic rings. The molecule has 2 aromatic rings. The summed E-state index contributed by atoms with van der Waals surface area (Å²) < 4.78 is 0. The summed E-state index contributed by atoms with van der Waals surface area (Å²) in [5.74, 6) is 0.915. The normalized spacial score (nSPS) is 12.4. The predicted octanol–water partition coefficient (Wildman–Crippen LogP) is 5.74. The lowest BCUT2D eigenvalue weighted by atomic mass is 10.0. The molecule has 0 radical (unpaired) electrons. The molecule has 0 saturated heterocycles. The van der Waals surface area contributed by atoms with Crippen LogP contribution in [0, 0.1) is 6.92 Å². The highest BCUT2D eigenvalue weighted by Crippen LogP contribution is 2.33. The maximum Gasteiger partial charge on any atom is 0.0542 e. The van der Waals surface area contributed by atoms with E-state index in [0.29, 0.717) is 6.04 Å². The summed E-state index contributed by atoms with van der Waals surface area (Å²) >= 11 is 14.0. The van der Waals surface area contributed by atoms with Crippen molar-refractivity contribution in [3.63, 3.8) is 0 Å². The Hall–Kier alpha value is -0.670. The Morgan fingerprint density at radius 2 is 1.90 bits per heavy atom. The Morgan fingerprint density at radius 1 is 1.14 bits per heavy atom. The summed E-state index contributed by atoms with van der Waals surface area (Å²) in [7, 11) is 0. The second kappa shape index (κ2) is 8.09. The van der Waals surface area contributed by atoms with Gasteiger partial charge in [0.05, 0.1) is 5.02 Å². The first-order chi connectivity index (χ1) is 10.1. The number of nitrogens with one attached hydrogen (secondary N) is 1. The molecule has 1 unspecified atom stereocenters. The quantitative estimate of drug-likeness (QED) is 0.673. The van der Waals surface area contributed by atoms with Gasteiger partial charge in [0.1, 0.15) is 0 Å². The van der Waals surface area contributed by atoms with Gasteiger partial charge in [0.25, 0.3) is 0 Å². The monoisotopic (exact) mass is 339 g/mol. The average molecular weight is 340 g/mol. The van der Waals surface area contributed by atoms with E-state index in [-0.39, 0.29) is 0 Å². The van der Waals surface area contributed by atoms with Gasteiger partial charge in [-0.15, -0.1) is 11.8 Å². The summed E-state index contributed by atoms with van der Waals surface area (Å²) in [4.78, 5) is 1.03. The number of hydrogen-bond donors (Lipinski definition) is 1. The van der Waals surface area contributed by atoms with E-state index in [1.807, 2.05) is 18.2 Å². The lowest BCUT2D eigenvalue weighted by molar-refractivity contribution is 0.603. The molecule has 0 heterocycles. The minimum Gasteiger partial charge on any atom is -0.309 e. The largest absolute Gasteiger partial charge is 0.309 e. The third-order valence-corrected chi connectivity index (χ3v) is 5.14. The van der Waals surface area contributed by atoms with Crippen molar-refractivity contribution >= 4 is 35.0 Å². The fraction of sp³-hybridized carbons (Fsp3) is 0.294. The minimum absolute atomic E-state index is 0.302. The first-order valence-corrected chi connectivity index (χ1v) is 8.72. The number of halogens is 2. The van der Waals surface area contributed by atoms with E-state index in [9.17, 15) is 0 Å². The zero-order valence-electron chi connectivity index (χ0n) is 12.2. The molecule has 1 nitrogen and oxygen atoms in total. The Labute approximate surface area is 141 Å². The molecule has 2 rings (SSSR count). The molecule has 1 N–H and O–H groups in total. The van der Waals surface area contributed by atoms with Crippen LogP contribution in [0.5, 0.6) is 0 Å². The Morgan fingerprint density at radius 3 is 2.62 bits per heavy atom. The molecule has 21 heavy (non-hydrogen) atoms. The van der Waals surface area contributed by atoms with Gasteiger partial charge in [0.15, 0.2) is 0 Å². The topological polar surface area (TPSA) is 12.0 Å². The molecule has 0 saturated carbocycles. The summed E-state index contributed by atoms with van der Waals surface area (Å²) in [6.45, 7) is 5.21. The van der Waals surface area contributed by atoms with Crippen molar-refractivity contribution in [3.8, 4) is 0 Å². The van der Waals surface area contributed by atoms with Crippen LogP contribution in [0.25, 0.3) is 0 Å². The van der Waals surface area contributed by atoms with Crippen molar-refractivity contribution in [2.75, 3.05) is 12.3 Å². The molecule has 4 heteroatoms. The Kier molecular flexibility index (Phi) is 6.43. The van der Waals surface area contributed by atoms with Crippen LogP contribution >= 0.6 is 35.0 Å². The maximum atomic E-state index is 6.23. The highest BCUT2D eigenvalue weighted by atomic mass is 35.5. The van der Waals surface area contributed by atoms with Crippen LogP contribution in [0.4, 0.5) is 0 Å². The highest BCUT2D eigenvalue weighted by molar-refractivity contribution is 7.99. The minimum atomic E-state index is 0.302.